The third kappa shape index (κ3) is 7.66. The number of aryl methyl sites for hydroxylation is 6. The molecule has 54 heavy (non-hydrogen) atoms. The van der Waals surface area contributed by atoms with Crippen molar-refractivity contribution in [3.63, 3.8) is 0 Å². The van der Waals surface area contributed by atoms with Crippen molar-refractivity contribution in [3.8, 4) is 22.6 Å². The molecule has 0 spiro atoms. The Morgan fingerprint density at radius 3 is 2.24 bits per heavy atom. The Balaban J connectivity index is 0.00000276. The smallest absolute Gasteiger partial charge is 0.352 e. The van der Waals surface area contributed by atoms with E-state index in [1.807, 2.05) is 85.0 Å². The number of hydrogen-bond acceptors (Lipinski definition) is 6. The second-order valence-electron chi connectivity index (χ2n) is 13.2. The van der Waals surface area contributed by atoms with Gasteiger partial charge in [0.2, 0.25) is 0 Å². The molecule has 0 atom stereocenters. The first-order chi connectivity index (χ1) is 25.9. The van der Waals surface area contributed by atoms with Crippen LogP contribution in [-0.4, -0.2) is 57.5 Å². The summed E-state index contributed by atoms with van der Waals surface area (Å²) in [6.07, 6.45) is 5.01. The number of methoxy groups -OCH3 is 1. The summed E-state index contributed by atoms with van der Waals surface area (Å²) in [6, 6.07) is 13.5. The van der Waals surface area contributed by atoms with E-state index in [-0.39, 0.29) is 5.69 Å². The maximum absolute atomic E-state index is 12.1. The van der Waals surface area contributed by atoms with Gasteiger partial charge in [0.1, 0.15) is 23.5 Å². The molecule has 9 nitrogen and oxygen atoms in total. The molecule has 3 heterocycles. The molecule has 0 saturated heterocycles. The molecule has 0 radical (unpaired) electrons. The number of nitrogens with zero attached hydrogens (tertiary/aromatic N) is 5. The van der Waals surface area contributed by atoms with Gasteiger partial charge in [0.05, 0.1) is 35.5 Å². The number of carbonyl (C=O) groups is 1. The molecule has 0 fully saturated rings. The van der Waals surface area contributed by atoms with Crippen LogP contribution in [0.5, 0.6) is 11.5 Å². The molecule has 284 valence electrons. The van der Waals surface area contributed by atoms with Crippen LogP contribution in [0.2, 0.25) is 10.0 Å². The Morgan fingerprint density at radius 1 is 0.963 bits per heavy atom. The summed E-state index contributed by atoms with van der Waals surface area (Å²) >= 11 is 13.5. The van der Waals surface area contributed by atoms with Gasteiger partial charge in [-0.25, -0.2) is 14.8 Å². The van der Waals surface area contributed by atoms with E-state index in [0.29, 0.717) is 30.5 Å². The zero-order valence-electron chi connectivity index (χ0n) is 32.6. The van der Waals surface area contributed by atoms with Crippen LogP contribution >= 0.6 is 23.2 Å². The highest BCUT2D eigenvalue weighted by Crippen LogP contribution is 2.42. The third-order valence-corrected chi connectivity index (χ3v) is 10.8. The lowest BCUT2D eigenvalue weighted by atomic mass is 9.98. The molecule has 0 bridgehead atoms. The van der Waals surface area contributed by atoms with Crippen LogP contribution in [-0.2, 0) is 20.0 Å². The van der Waals surface area contributed by atoms with E-state index in [2.05, 4.69) is 32.1 Å². The Morgan fingerprint density at radius 2 is 1.63 bits per heavy atom. The minimum Gasteiger partial charge on any atom is -0.497 e. The minimum absolute atomic E-state index is 0.202. The molecule has 1 N–H and O–H groups in total. The van der Waals surface area contributed by atoms with Gasteiger partial charge in [0.15, 0.2) is 0 Å². The number of aromatic carboxylic acids is 1. The molecule has 3 aromatic heterocycles. The van der Waals surface area contributed by atoms with Crippen molar-refractivity contribution in [2.75, 3.05) is 32.2 Å². The molecular formula is C43H49Cl2N5O4. The largest absolute Gasteiger partial charge is 0.497 e. The predicted octanol–water partition coefficient (Wildman–Crippen LogP) is 10.7. The van der Waals surface area contributed by atoms with Crippen LogP contribution in [0.15, 0.2) is 55.4 Å². The average molecular weight is 771 g/mol. The van der Waals surface area contributed by atoms with E-state index < -0.39 is 5.97 Å². The van der Waals surface area contributed by atoms with Gasteiger partial charge in [-0.05, 0) is 93.6 Å². The summed E-state index contributed by atoms with van der Waals surface area (Å²) in [6.45, 7) is 17.9. The quantitative estimate of drug-likeness (QED) is 0.117. The summed E-state index contributed by atoms with van der Waals surface area (Å²) in [4.78, 5) is 23.3. The molecule has 3 aromatic carbocycles. The first kappa shape index (κ1) is 40.2. The van der Waals surface area contributed by atoms with E-state index in [1.165, 1.54) is 0 Å². The van der Waals surface area contributed by atoms with Gasteiger partial charge in [0, 0.05) is 77.3 Å². The van der Waals surface area contributed by atoms with Crippen molar-refractivity contribution in [1.29, 1.82) is 0 Å². The lowest BCUT2D eigenvalue weighted by Crippen LogP contribution is -2.24. The number of halogens is 2. The van der Waals surface area contributed by atoms with Crippen LogP contribution in [0.25, 0.3) is 39.0 Å². The Bertz CT molecular complexity index is 2320. The van der Waals surface area contributed by atoms with Crippen LogP contribution in [0.3, 0.4) is 0 Å². The normalized spacial score (nSPS) is 11.1. The molecule has 11 heteroatoms. The van der Waals surface area contributed by atoms with Crippen LogP contribution < -0.4 is 14.4 Å². The number of carboxylic acid groups (broad SMARTS) is 1. The first-order valence-corrected chi connectivity index (χ1v) is 18.9. The van der Waals surface area contributed by atoms with E-state index in [0.717, 1.165) is 96.0 Å². The number of aromatic nitrogens is 4. The number of hydrogen-bond donors (Lipinski definition) is 1. The van der Waals surface area contributed by atoms with Gasteiger partial charge in [-0.3, -0.25) is 0 Å². The van der Waals surface area contributed by atoms with E-state index in [4.69, 9.17) is 32.7 Å². The Kier molecular flexibility index (Phi) is 12.7. The standard InChI is InChI=1S/C41H43Cl2N5O4.C2H6/c1-9-33-30(11-10-16-52-29-17-23(2)38(43)24(3)18-29)31-12-13-32(42)37(36-25(4)44-22-45-26(36)5)40(31)48(33)15-14-46(6)34-21-28(51-8)19-27-20-35(41(49)50)47(7)39(27)34;1-2/h9,12-13,17-22H,1,10-11,14-16H2,2-8H3,(H,49,50);1-2H3. The average Bonchev–Trinajstić information content (AvgIpc) is 3.65. The van der Waals surface area contributed by atoms with Gasteiger partial charge in [0.25, 0.3) is 0 Å². The van der Waals surface area contributed by atoms with Crippen molar-refractivity contribution >= 4 is 62.7 Å². The van der Waals surface area contributed by atoms with Crippen molar-refractivity contribution in [3.05, 3.63) is 105 Å². The lowest BCUT2D eigenvalue weighted by molar-refractivity contribution is 0.0687. The molecule has 0 amide bonds. The van der Waals surface area contributed by atoms with Crippen molar-refractivity contribution < 1.29 is 19.4 Å². The van der Waals surface area contributed by atoms with E-state index >= 15 is 0 Å². The number of rotatable bonds is 13. The molecular weight excluding hydrogens is 721 g/mol. The Labute approximate surface area is 327 Å². The number of fused-ring (bicyclic) bond motifs is 2. The minimum atomic E-state index is -0.989. The highest BCUT2D eigenvalue weighted by Gasteiger charge is 2.24. The molecule has 0 aliphatic heterocycles. The third-order valence-electron chi connectivity index (χ3n) is 9.85. The number of anilines is 1. The van der Waals surface area contributed by atoms with Crippen molar-refractivity contribution in [2.24, 2.45) is 7.05 Å². The summed E-state index contributed by atoms with van der Waals surface area (Å²) in [5, 5.41) is 13.1. The molecule has 0 unspecified atom stereocenters. The number of benzene rings is 3. The molecule has 0 aliphatic carbocycles. The van der Waals surface area contributed by atoms with Gasteiger partial charge in [-0.15, -0.1) is 0 Å². The second kappa shape index (κ2) is 17.0. The fraction of sp³-hybridized carbons (Fsp3) is 0.326. The molecule has 6 rings (SSSR count). The Hall–Kier alpha value is -4.99. The maximum atomic E-state index is 12.1. The van der Waals surface area contributed by atoms with Crippen molar-refractivity contribution in [1.82, 2.24) is 19.1 Å². The first-order valence-electron chi connectivity index (χ1n) is 18.1. The summed E-state index contributed by atoms with van der Waals surface area (Å²) in [5.41, 5.74) is 10.5. The van der Waals surface area contributed by atoms with Crippen LogP contribution in [0.4, 0.5) is 5.69 Å². The number of likely N-dealkylation sites (N-methyl/N-ethyl adjacent to an activating group) is 1. The summed E-state index contributed by atoms with van der Waals surface area (Å²) in [5.74, 6) is 0.461. The van der Waals surface area contributed by atoms with Gasteiger partial charge >= 0.3 is 5.97 Å². The van der Waals surface area contributed by atoms with Gasteiger partial charge in [-0.2, -0.15) is 0 Å². The maximum Gasteiger partial charge on any atom is 0.352 e. The van der Waals surface area contributed by atoms with Crippen LogP contribution in [0, 0.1) is 27.7 Å². The molecule has 6 aromatic rings. The van der Waals surface area contributed by atoms with Gasteiger partial charge in [-0.1, -0.05) is 49.7 Å². The molecule has 0 saturated carbocycles. The zero-order chi connectivity index (χ0) is 39.4. The van der Waals surface area contributed by atoms with Gasteiger partial charge < -0.3 is 28.6 Å². The topological polar surface area (TPSA) is 94.6 Å². The van der Waals surface area contributed by atoms with Crippen molar-refractivity contribution in [2.45, 2.75) is 60.9 Å². The summed E-state index contributed by atoms with van der Waals surface area (Å²) in [7, 11) is 5.39. The van der Waals surface area contributed by atoms with Crippen LogP contribution in [0.1, 0.15) is 64.5 Å². The highest BCUT2D eigenvalue weighted by atomic mass is 35.5. The lowest BCUT2D eigenvalue weighted by Gasteiger charge is -2.24. The highest BCUT2D eigenvalue weighted by molar-refractivity contribution is 6.35. The van der Waals surface area contributed by atoms with E-state index in [1.54, 1.807) is 31.1 Å². The summed E-state index contributed by atoms with van der Waals surface area (Å²) < 4.78 is 15.8. The molecule has 0 aliphatic rings. The monoisotopic (exact) mass is 769 g/mol. The fourth-order valence-corrected chi connectivity index (χ4v) is 7.66. The fourth-order valence-electron chi connectivity index (χ4n) is 7.30. The zero-order valence-corrected chi connectivity index (χ0v) is 34.1. The van der Waals surface area contributed by atoms with E-state index in [9.17, 15) is 9.90 Å². The predicted molar refractivity (Wildman–Crippen MR) is 223 cm³/mol. The SMILES string of the molecule is C=Cc1c(CCCOc2cc(C)c(Cl)c(C)c2)c2ccc(Cl)c(-c3c(C)ncnc3C)c2n1CCN(C)c1cc(OC)cc2cc(C(=O)O)n(C)c12.CC. The number of ether oxygens (including phenoxy) is 2. The second-order valence-corrected chi connectivity index (χ2v) is 14.0. The number of carboxylic acids is 1.